The second-order valence-corrected chi connectivity index (χ2v) is 6.03. The highest BCUT2D eigenvalue weighted by Crippen LogP contribution is 2.18. The lowest BCUT2D eigenvalue weighted by molar-refractivity contribution is -0.122. The molecule has 114 valence electrons. The molecule has 1 rings (SSSR count). The van der Waals surface area contributed by atoms with E-state index in [9.17, 15) is 4.79 Å². The zero-order chi connectivity index (χ0) is 15.3. The van der Waals surface area contributed by atoms with Crippen molar-refractivity contribution >= 4 is 5.91 Å². The second kappa shape index (κ2) is 7.43. The predicted octanol–water partition coefficient (Wildman–Crippen LogP) is 1.92. The first-order chi connectivity index (χ1) is 9.35. The third-order valence-corrected chi connectivity index (χ3v) is 3.73. The van der Waals surface area contributed by atoms with Crippen molar-refractivity contribution in [1.29, 1.82) is 0 Å². The van der Waals surface area contributed by atoms with Crippen LogP contribution in [0.15, 0.2) is 6.20 Å². The summed E-state index contributed by atoms with van der Waals surface area (Å²) in [6.45, 7) is 8.87. The van der Waals surface area contributed by atoms with Crippen LogP contribution in [0.5, 0.6) is 0 Å². The van der Waals surface area contributed by atoms with Gasteiger partial charge in [-0.2, -0.15) is 5.10 Å². The number of aryl methyl sites for hydroxylation is 1. The fraction of sp³-hybridized carbons (Fsp3) is 0.733. The Balaban J connectivity index is 2.55. The van der Waals surface area contributed by atoms with Crippen molar-refractivity contribution in [2.24, 2.45) is 24.6 Å². The van der Waals surface area contributed by atoms with Gasteiger partial charge in [-0.3, -0.25) is 9.48 Å². The lowest BCUT2D eigenvalue weighted by Gasteiger charge is -2.19. The number of aromatic nitrogens is 2. The van der Waals surface area contributed by atoms with Crippen molar-refractivity contribution < 1.29 is 4.79 Å². The molecule has 0 aliphatic heterocycles. The number of hydrogen-bond donors (Lipinski definition) is 2. The standard InChI is InChI=1S/C15H28N4O/c1-10(2)6-13(8-16)7-15(20)18-11(3)14-9-17-19(5)12(14)4/h9-11,13H,6-8,16H2,1-5H3,(H,18,20). The largest absolute Gasteiger partial charge is 0.349 e. The Morgan fingerprint density at radius 1 is 1.45 bits per heavy atom. The van der Waals surface area contributed by atoms with E-state index in [2.05, 4.69) is 24.3 Å². The van der Waals surface area contributed by atoms with E-state index in [1.807, 2.05) is 31.8 Å². The Morgan fingerprint density at radius 3 is 2.55 bits per heavy atom. The smallest absolute Gasteiger partial charge is 0.220 e. The van der Waals surface area contributed by atoms with E-state index in [0.29, 0.717) is 18.9 Å². The lowest BCUT2D eigenvalue weighted by atomic mass is 9.94. The monoisotopic (exact) mass is 280 g/mol. The maximum Gasteiger partial charge on any atom is 0.220 e. The molecule has 0 saturated heterocycles. The molecule has 0 aliphatic carbocycles. The number of carbonyl (C=O) groups excluding carboxylic acids is 1. The first kappa shape index (κ1) is 16.7. The molecule has 5 heteroatoms. The fourth-order valence-corrected chi connectivity index (χ4v) is 2.51. The molecular formula is C15H28N4O. The molecule has 0 radical (unpaired) electrons. The number of rotatable bonds is 7. The van der Waals surface area contributed by atoms with Gasteiger partial charge in [-0.1, -0.05) is 13.8 Å². The third kappa shape index (κ3) is 4.63. The highest BCUT2D eigenvalue weighted by molar-refractivity contribution is 5.76. The Morgan fingerprint density at radius 2 is 2.10 bits per heavy atom. The van der Waals surface area contributed by atoms with Crippen molar-refractivity contribution in [3.8, 4) is 0 Å². The van der Waals surface area contributed by atoms with Crippen molar-refractivity contribution in [2.45, 2.75) is 46.6 Å². The first-order valence-electron chi connectivity index (χ1n) is 7.33. The highest BCUT2D eigenvalue weighted by Gasteiger charge is 2.18. The van der Waals surface area contributed by atoms with Gasteiger partial charge >= 0.3 is 0 Å². The molecule has 1 amide bonds. The molecule has 3 N–H and O–H groups in total. The molecule has 0 fully saturated rings. The van der Waals surface area contributed by atoms with Crippen LogP contribution < -0.4 is 11.1 Å². The number of amides is 1. The number of nitrogens with two attached hydrogens (primary N) is 1. The van der Waals surface area contributed by atoms with Crippen LogP contribution in [0.2, 0.25) is 0 Å². The summed E-state index contributed by atoms with van der Waals surface area (Å²) < 4.78 is 1.82. The molecule has 0 spiro atoms. The molecule has 20 heavy (non-hydrogen) atoms. The third-order valence-electron chi connectivity index (χ3n) is 3.73. The van der Waals surface area contributed by atoms with Gasteiger partial charge < -0.3 is 11.1 Å². The number of nitrogens with one attached hydrogen (secondary N) is 1. The van der Waals surface area contributed by atoms with Crippen molar-refractivity contribution in [2.75, 3.05) is 6.54 Å². The van der Waals surface area contributed by atoms with E-state index in [-0.39, 0.29) is 17.9 Å². The summed E-state index contributed by atoms with van der Waals surface area (Å²) >= 11 is 0. The van der Waals surface area contributed by atoms with Crippen molar-refractivity contribution in [1.82, 2.24) is 15.1 Å². The van der Waals surface area contributed by atoms with Gasteiger partial charge in [-0.05, 0) is 38.6 Å². The van der Waals surface area contributed by atoms with E-state index >= 15 is 0 Å². The molecule has 1 heterocycles. The van der Waals surface area contributed by atoms with E-state index in [4.69, 9.17) is 5.73 Å². The topological polar surface area (TPSA) is 72.9 Å². The summed E-state index contributed by atoms with van der Waals surface area (Å²) in [6.07, 6.45) is 3.30. The maximum atomic E-state index is 12.1. The fourth-order valence-electron chi connectivity index (χ4n) is 2.51. The SMILES string of the molecule is Cc1c(C(C)NC(=O)CC(CN)CC(C)C)cnn1C. The minimum Gasteiger partial charge on any atom is -0.349 e. The maximum absolute atomic E-state index is 12.1. The summed E-state index contributed by atoms with van der Waals surface area (Å²) in [5, 5.41) is 7.25. The van der Waals surface area contributed by atoms with E-state index in [0.717, 1.165) is 17.7 Å². The van der Waals surface area contributed by atoms with Gasteiger partial charge in [0.25, 0.3) is 0 Å². The van der Waals surface area contributed by atoms with Gasteiger partial charge in [-0.15, -0.1) is 0 Å². The molecule has 0 saturated carbocycles. The summed E-state index contributed by atoms with van der Waals surface area (Å²) in [4.78, 5) is 12.1. The average molecular weight is 280 g/mol. The Hall–Kier alpha value is -1.36. The van der Waals surface area contributed by atoms with Crippen LogP contribution in [0.4, 0.5) is 0 Å². The van der Waals surface area contributed by atoms with E-state index in [1.54, 1.807) is 0 Å². The molecule has 2 atom stereocenters. The molecule has 0 aliphatic rings. The lowest BCUT2D eigenvalue weighted by Crippen LogP contribution is -2.31. The minimum absolute atomic E-state index is 0.0197. The van der Waals surface area contributed by atoms with Gasteiger partial charge in [-0.25, -0.2) is 0 Å². The van der Waals surface area contributed by atoms with Crippen LogP contribution in [0, 0.1) is 18.8 Å². The van der Waals surface area contributed by atoms with Crippen LogP contribution in [0.25, 0.3) is 0 Å². The van der Waals surface area contributed by atoms with Crippen LogP contribution in [0.1, 0.15) is 50.9 Å². The van der Waals surface area contributed by atoms with Crippen molar-refractivity contribution in [3.63, 3.8) is 0 Å². The zero-order valence-electron chi connectivity index (χ0n) is 13.3. The van der Waals surface area contributed by atoms with Gasteiger partial charge in [0.2, 0.25) is 5.91 Å². The highest BCUT2D eigenvalue weighted by atomic mass is 16.1. The molecule has 0 aromatic carbocycles. The Kier molecular flexibility index (Phi) is 6.20. The zero-order valence-corrected chi connectivity index (χ0v) is 13.3. The van der Waals surface area contributed by atoms with E-state index in [1.165, 1.54) is 0 Å². The number of nitrogens with zero attached hydrogens (tertiary/aromatic N) is 2. The minimum atomic E-state index is -0.0197. The summed E-state index contributed by atoms with van der Waals surface area (Å²) in [5.41, 5.74) is 7.89. The summed E-state index contributed by atoms with van der Waals surface area (Å²) in [7, 11) is 1.90. The number of carbonyl (C=O) groups is 1. The average Bonchev–Trinajstić information content (AvgIpc) is 2.68. The summed E-state index contributed by atoms with van der Waals surface area (Å²) in [5.74, 6) is 0.892. The van der Waals surface area contributed by atoms with Crippen molar-refractivity contribution in [3.05, 3.63) is 17.5 Å². The molecule has 1 aromatic rings. The molecular weight excluding hydrogens is 252 g/mol. The van der Waals surface area contributed by atoms with Gasteiger partial charge in [0.15, 0.2) is 0 Å². The molecule has 1 aromatic heterocycles. The normalized spacial score (nSPS) is 14.3. The van der Waals surface area contributed by atoms with Gasteiger partial charge in [0, 0.05) is 24.7 Å². The van der Waals surface area contributed by atoms with Crippen LogP contribution >= 0.6 is 0 Å². The molecule has 2 unspecified atom stereocenters. The van der Waals surface area contributed by atoms with E-state index < -0.39 is 0 Å². The Bertz CT molecular complexity index is 439. The Labute approximate surface area is 121 Å². The second-order valence-electron chi connectivity index (χ2n) is 6.03. The first-order valence-corrected chi connectivity index (χ1v) is 7.33. The van der Waals surface area contributed by atoms with Gasteiger partial charge in [0.05, 0.1) is 12.2 Å². The molecule has 5 nitrogen and oxygen atoms in total. The molecule has 0 bridgehead atoms. The predicted molar refractivity (Wildman–Crippen MR) is 81.1 cm³/mol. The quantitative estimate of drug-likeness (QED) is 0.801. The van der Waals surface area contributed by atoms with Crippen LogP contribution in [0.3, 0.4) is 0 Å². The number of hydrogen-bond acceptors (Lipinski definition) is 3. The summed E-state index contributed by atoms with van der Waals surface area (Å²) in [6, 6.07) is -0.0197. The van der Waals surface area contributed by atoms with Crippen LogP contribution in [-0.2, 0) is 11.8 Å². The van der Waals surface area contributed by atoms with Gasteiger partial charge in [0.1, 0.15) is 0 Å². The van der Waals surface area contributed by atoms with Crippen LogP contribution in [-0.4, -0.2) is 22.2 Å².